The Kier molecular flexibility index (Phi) is 10.1. The fourth-order valence-corrected chi connectivity index (χ4v) is 2.80. The summed E-state index contributed by atoms with van der Waals surface area (Å²) < 4.78 is 16.9. The fourth-order valence-electron chi connectivity index (χ4n) is 2.80. The summed E-state index contributed by atoms with van der Waals surface area (Å²) in [6.07, 6.45) is 4.86. The zero-order valence-electron chi connectivity index (χ0n) is 16.1. The summed E-state index contributed by atoms with van der Waals surface area (Å²) >= 11 is 0. The van der Waals surface area contributed by atoms with Crippen molar-refractivity contribution in [2.24, 2.45) is 0 Å². The second-order valence-corrected chi connectivity index (χ2v) is 6.28. The lowest BCUT2D eigenvalue weighted by Crippen LogP contribution is -2.34. The largest absolute Gasteiger partial charge is 0.511 e. The van der Waals surface area contributed by atoms with E-state index in [0.29, 0.717) is 25.2 Å². The van der Waals surface area contributed by atoms with E-state index in [-0.39, 0.29) is 11.5 Å². The van der Waals surface area contributed by atoms with Crippen LogP contribution in [0.15, 0.2) is 18.2 Å². The molecule has 0 aromatic heterocycles. The van der Waals surface area contributed by atoms with Crippen LogP contribution in [0.1, 0.15) is 71.3 Å². The van der Waals surface area contributed by atoms with Gasteiger partial charge >= 0.3 is 6.16 Å². The molecule has 0 unspecified atom stereocenters. The van der Waals surface area contributed by atoms with Gasteiger partial charge in [-0.25, -0.2) is 4.79 Å². The van der Waals surface area contributed by atoms with Crippen molar-refractivity contribution < 1.29 is 29.2 Å². The van der Waals surface area contributed by atoms with Crippen LogP contribution in [-0.4, -0.2) is 29.6 Å². The van der Waals surface area contributed by atoms with Crippen molar-refractivity contribution in [2.75, 3.05) is 13.2 Å². The molecular formula is C20H32O6. The van der Waals surface area contributed by atoms with Crippen molar-refractivity contribution in [1.82, 2.24) is 0 Å². The summed E-state index contributed by atoms with van der Waals surface area (Å²) in [6, 6.07) is 4.75. The summed E-state index contributed by atoms with van der Waals surface area (Å²) in [7, 11) is 0. The SMILES string of the molecule is CCCCCCC(OCCC)(OCCC)c1cccc(OC(=O)O)c1O. The molecule has 0 radical (unpaired) electrons. The highest BCUT2D eigenvalue weighted by Gasteiger charge is 2.37. The third-order valence-corrected chi connectivity index (χ3v) is 4.04. The first-order valence-corrected chi connectivity index (χ1v) is 9.51. The Morgan fingerprint density at radius 3 is 2.19 bits per heavy atom. The molecule has 0 atom stereocenters. The van der Waals surface area contributed by atoms with Gasteiger partial charge in [-0.2, -0.15) is 0 Å². The van der Waals surface area contributed by atoms with Gasteiger partial charge in [0.1, 0.15) is 0 Å². The average Bonchev–Trinajstić information content (AvgIpc) is 2.62. The lowest BCUT2D eigenvalue weighted by atomic mass is 9.96. The van der Waals surface area contributed by atoms with E-state index in [1.807, 2.05) is 13.8 Å². The second-order valence-electron chi connectivity index (χ2n) is 6.28. The Hall–Kier alpha value is -1.79. The van der Waals surface area contributed by atoms with Gasteiger partial charge in [0.25, 0.3) is 0 Å². The molecule has 0 saturated carbocycles. The molecule has 0 aliphatic carbocycles. The maximum Gasteiger partial charge on any atom is 0.511 e. The van der Waals surface area contributed by atoms with Crippen LogP contribution in [0.2, 0.25) is 0 Å². The van der Waals surface area contributed by atoms with Crippen molar-refractivity contribution in [1.29, 1.82) is 0 Å². The van der Waals surface area contributed by atoms with Crippen LogP contribution in [0.5, 0.6) is 11.5 Å². The van der Waals surface area contributed by atoms with E-state index < -0.39 is 11.9 Å². The zero-order valence-corrected chi connectivity index (χ0v) is 16.1. The Labute approximate surface area is 156 Å². The van der Waals surface area contributed by atoms with Gasteiger partial charge in [0, 0.05) is 6.42 Å². The fraction of sp³-hybridized carbons (Fsp3) is 0.650. The van der Waals surface area contributed by atoms with Crippen LogP contribution in [0.3, 0.4) is 0 Å². The van der Waals surface area contributed by atoms with Gasteiger partial charge in [0.15, 0.2) is 17.3 Å². The quantitative estimate of drug-likeness (QED) is 0.209. The number of aromatic hydroxyl groups is 1. The van der Waals surface area contributed by atoms with E-state index in [0.717, 1.165) is 38.5 Å². The predicted molar refractivity (Wildman–Crippen MR) is 99.7 cm³/mol. The molecule has 1 rings (SSSR count). The van der Waals surface area contributed by atoms with E-state index in [1.165, 1.54) is 6.07 Å². The predicted octanol–water partition coefficient (Wildman–Crippen LogP) is 5.43. The zero-order chi connectivity index (χ0) is 19.4. The first kappa shape index (κ1) is 22.3. The van der Waals surface area contributed by atoms with E-state index in [4.69, 9.17) is 14.6 Å². The van der Waals surface area contributed by atoms with Crippen LogP contribution in [0.4, 0.5) is 4.79 Å². The molecule has 2 N–H and O–H groups in total. The first-order valence-electron chi connectivity index (χ1n) is 9.51. The minimum Gasteiger partial charge on any atom is -0.504 e. The summed E-state index contributed by atoms with van der Waals surface area (Å²) in [6.45, 7) is 7.10. The molecule has 0 spiro atoms. The number of carboxylic acid groups (broad SMARTS) is 1. The van der Waals surface area contributed by atoms with E-state index in [9.17, 15) is 9.90 Å². The molecule has 0 aliphatic rings. The highest BCUT2D eigenvalue weighted by atomic mass is 16.7. The van der Waals surface area contributed by atoms with Crippen molar-refractivity contribution >= 4 is 6.16 Å². The van der Waals surface area contributed by atoms with Crippen LogP contribution in [0.25, 0.3) is 0 Å². The van der Waals surface area contributed by atoms with Crippen molar-refractivity contribution in [3.05, 3.63) is 23.8 Å². The molecule has 6 nitrogen and oxygen atoms in total. The number of unbranched alkanes of at least 4 members (excludes halogenated alkanes) is 3. The lowest BCUT2D eigenvalue weighted by molar-refractivity contribution is -0.252. The van der Waals surface area contributed by atoms with Crippen LogP contribution < -0.4 is 4.74 Å². The average molecular weight is 368 g/mol. The van der Waals surface area contributed by atoms with Crippen LogP contribution in [0, 0.1) is 0 Å². The molecule has 148 valence electrons. The number of rotatable bonds is 13. The van der Waals surface area contributed by atoms with Gasteiger partial charge in [0.05, 0.1) is 18.8 Å². The van der Waals surface area contributed by atoms with Crippen LogP contribution >= 0.6 is 0 Å². The third kappa shape index (κ3) is 6.50. The van der Waals surface area contributed by atoms with Gasteiger partial charge in [-0.3, -0.25) is 0 Å². The Morgan fingerprint density at radius 2 is 1.65 bits per heavy atom. The number of benzene rings is 1. The smallest absolute Gasteiger partial charge is 0.504 e. The summed E-state index contributed by atoms with van der Waals surface area (Å²) in [5.41, 5.74) is 0.412. The van der Waals surface area contributed by atoms with Crippen molar-refractivity contribution in [3.8, 4) is 11.5 Å². The number of hydrogen-bond donors (Lipinski definition) is 2. The highest BCUT2D eigenvalue weighted by molar-refractivity contribution is 5.63. The number of ether oxygens (including phenoxy) is 3. The van der Waals surface area contributed by atoms with E-state index in [2.05, 4.69) is 11.7 Å². The number of phenols is 1. The van der Waals surface area contributed by atoms with Gasteiger partial charge in [-0.1, -0.05) is 46.1 Å². The third-order valence-electron chi connectivity index (χ3n) is 4.04. The monoisotopic (exact) mass is 368 g/mol. The summed E-state index contributed by atoms with van der Waals surface area (Å²) in [5, 5.41) is 19.5. The molecule has 1 aromatic carbocycles. The van der Waals surface area contributed by atoms with Gasteiger partial charge in [-0.15, -0.1) is 0 Å². The van der Waals surface area contributed by atoms with E-state index >= 15 is 0 Å². The van der Waals surface area contributed by atoms with Gasteiger partial charge in [0.2, 0.25) is 0 Å². The normalized spacial score (nSPS) is 11.5. The standard InChI is InChI=1S/C20H32O6/c1-4-7-8-9-13-20(24-14-5-2,25-15-6-3)16-11-10-12-17(18(16)21)26-19(22)23/h10-12,21H,4-9,13-15H2,1-3H3,(H,22,23). The molecule has 1 aromatic rings. The number of phenolic OH excluding ortho intramolecular Hbond substituents is 1. The molecule has 0 heterocycles. The van der Waals surface area contributed by atoms with Crippen molar-refractivity contribution in [3.63, 3.8) is 0 Å². The number of hydrogen-bond acceptors (Lipinski definition) is 5. The molecule has 26 heavy (non-hydrogen) atoms. The Morgan fingerprint density at radius 1 is 1.00 bits per heavy atom. The van der Waals surface area contributed by atoms with Gasteiger partial charge in [-0.05, 0) is 31.4 Å². The van der Waals surface area contributed by atoms with Gasteiger partial charge < -0.3 is 24.4 Å². The number of carbonyl (C=O) groups is 1. The van der Waals surface area contributed by atoms with Crippen LogP contribution in [-0.2, 0) is 15.3 Å². The molecule has 0 fully saturated rings. The molecule has 0 amide bonds. The lowest BCUT2D eigenvalue weighted by Gasteiger charge is -2.35. The minimum atomic E-state index is -1.48. The molecule has 0 saturated heterocycles. The Balaban J connectivity index is 3.23. The Bertz CT molecular complexity index is 535. The molecule has 0 bridgehead atoms. The van der Waals surface area contributed by atoms with E-state index in [1.54, 1.807) is 12.1 Å². The highest BCUT2D eigenvalue weighted by Crippen LogP contribution is 2.42. The maximum absolute atomic E-state index is 10.9. The second kappa shape index (κ2) is 11.8. The molecule has 0 aliphatic heterocycles. The maximum atomic E-state index is 10.9. The summed E-state index contributed by atoms with van der Waals surface area (Å²) in [5.74, 6) is -1.48. The summed E-state index contributed by atoms with van der Waals surface area (Å²) in [4.78, 5) is 10.9. The van der Waals surface area contributed by atoms with Crippen molar-refractivity contribution in [2.45, 2.75) is 71.5 Å². The topological polar surface area (TPSA) is 85.2 Å². The molecular weight excluding hydrogens is 336 g/mol. The molecule has 6 heteroatoms. The first-order chi connectivity index (χ1) is 12.5. The number of para-hydroxylation sites is 1. The minimum absolute atomic E-state index is 0.117.